The van der Waals surface area contributed by atoms with E-state index in [9.17, 15) is 8.42 Å². The van der Waals surface area contributed by atoms with E-state index in [1.165, 1.54) is 16.7 Å². The van der Waals surface area contributed by atoms with Crippen molar-refractivity contribution in [1.82, 2.24) is 4.98 Å². The number of fused-ring (bicyclic) bond motifs is 1. The first-order chi connectivity index (χ1) is 11.2. The molecule has 3 nitrogen and oxygen atoms in total. The lowest BCUT2D eigenvalue weighted by molar-refractivity contribution is 0.319. The van der Waals surface area contributed by atoms with Crippen LogP contribution in [0.2, 0.25) is 5.15 Å². The van der Waals surface area contributed by atoms with Gasteiger partial charge in [0.05, 0.1) is 10.5 Å². The molecule has 3 rings (SSSR count). The van der Waals surface area contributed by atoms with Gasteiger partial charge in [0, 0.05) is 6.20 Å². The molecule has 1 fully saturated rings. The van der Waals surface area contributed by atoms with Gasteiger partial charge < -0.3 is 0 Å². The summed E-state index contributed by atoms with van der Waals surface area (Å²) in [5.74, 6) is 1.22. The normalized spacial score (nSPS) is 24.6. The molecule has 132 valence electrons. The van der Waals surface area contributed by atoms with E-state index in [1.807, 2.05) is 12.3 Å². The Labute approximate surface area is 150 Å². The standard InChI is InChI=1S/C19H26ClNO2S/c1-19(2,3)24(22,23)12-13-4-6-14(7-5-13)15-8-16-10-18(20)21-11-17(16)9-15/h8,10-11,13-14H,4-7,9,12H2,1-3H3. The van der Waals surface area contributed by atoms with Crippen molar-refractivity contribution < 1.29 is 8.42 Å². The quantitative estimate of drug-likeness (QED) is 0.728. The van der Waals surface area contributed by atoms with Crippen LogP contribution in [0.4, 0.5) is 0 Å². The van der Waals surface area contributed by atoms with Crippen molar-refractivity contribution in [3.05, 3.63) is 34.1 Å². The first-order valence-corrected chi connectivity index (χ1v) is 10.8. The molecule has 1 aromatic rings. The topological polar surface area (TPSA) is 47.0 Å². The van der Waals surface area contributed by atoms with Gasteiger partial charge >= 0.3 is 0 Å². The molecule has 0 atom stereocenters. The number of aromatic nitrogens is 1. The Bertz CT molecular complexity index is 754. The second kappa shape index (κ2) is 6.45. The first-order valence-electron chi connectivity index (χ1n) is 8.73. The van der Waals surface area contributed by atoms with E-state index in [2.05, 4.69) is 11.1 Å². The minimum atomic E-state index is -3.02. The van der Waals surface area contributed by atoms with Crippen molar-refractivity contribution >= 4 is 27.5 Å². The summed E-state index contributed by atoms with van der Waals surface area (Å²) < 4.78 is 24.2. The Hall–Kier alpha value is -0.870. The van der Waals surface area contributed by atoms with E-state index < -0.39 is 14.6 Å². The van der Waals surface area contributed by atoms with Gasteiger partial charge in [0.15, 0.2) is 9.84 Å². The van der Waals surface area contributed by atoms with Crippen LogP contribution < -0.4 is 0 Å². The summed E-state index contributed by atoms with van der Waals surface area (Å²) in [6.45, 7) is 5.40. The van der Waals surface area contributed by atoms with Crippen molar-refractivity contribution in [3.8, 4) is 0 Å². The maximum atomic E-state index is 12.4. The highest BCUT2D eigenvalue weighted by Gasteiger charge is 2.34. The van der Waals surface area contributed by atoms with Crippen LogP contribution >= 0.6 is 11.6 Å². The highest BCUT2D eigenvalue weighted by Crippen LogP contribution is 2.40. The summed E-state index contributed by atoms with van der Waals surface area (Å²) in [4.78, 5) is 4.17. The SMILES string of the molecule is CC(C)(C)S(=O)(=O)CC1CCC(C2=Cc3cc(Cl)ncc3C2)CC1. The molecule has 0 spiro atoms. The van der Waals surface area contributed by atoms with Crippen molar-refractivity contribution in [2.75, 3.05) is 5.75 Å². The summed E-state index contributed by atoms with van der Waals surface area (Å²) >= 11 is 5.98. The second-order valence-corrected chi connectivity index (χ2v) is 11.4. The smallest absolute Gasteiger partial charge is 0.155 e. The average molecular weight is 368 g/mol. The van der Waals surface area contributed by atoms with Crippen LogP contribution in [-0.2, 0) is 16.3 Å². The van der Waals surface area contributed by atoms with Gasteiger partial charge in [-0.25, -0.2) is 13.4 Å². The molecule has 2 aliphatic carbocycles. The zero-order chi connectivity index (χ0) is 17.5. The van der Waals surface area contributed by atoms with Crippen molar-refractivity contribution in [2.24, 2.45) is 11.8 Å². The number of nitrogens with zero attached hydrogens (tertiary/aromatic N) is 1. The molecule has 1 aromatic heterocycles. The largest absolute Gasteiger partial charge is 0.244 e. The molecule has 0 saturated heterocycles. The highest BCUT2D eigenvalue weighted by molar-refractivity contribution is 7.92. The molecular formula is C19H26ClNO2S. The van der Waals surface area contributed by atoms with Crippen molar-refractivity contribution in [2.45, 2.75) is 57.6 Å². The highest BCUT2D eigenvalue weighted by atomic mass is 35.5. The molecule has 0 aromatic carbocycles. The number of hydrogen-bond acceptors (Lipinski definition) is 3. The third-order valence-corrected chi connectivity index (χ3v) is 8.47. The van der Waals surface area contributed by atoms with Gasteiger partial charge in [0.25, 0.3) is 0 Å². The lowest BCUT2D eigenvalue weighted by atomic mass is 9.78. The molecule has 24 heavy (non-hydrogen) atoms. The molecular weight excluding hydrogens is 342 g/mol. The van der Waals surface area contributed by atoms with Gasteiger partial charge in [0.2, 0.25) is 0 Å². The Morgan fingerprint density at radius 1 is 1.21 bits per heavy atom. The van der Waals surface area contributed by atoms with Crippen LogP contribution in [0.3, 0.4) is 0 Å². The van der Waals surface area contributed by atoms with E-state index >= 15 is 0 Å². The van der Waals surface area contributed by atoms with Crippen molar-refractivity contribution in [1.29, 1.82) is 0 Å². The third-order valence-electron chi connectivity index (χ3n) is 5.48. The molecule has 0 amide bonds. The number of hydrogen-bond donors (Lipinski definition) is 0. The number of allylic oxidation sites excluding steroid dienone is 1. The maximum Gasteiger partial charge on any atom is 0.155 e. The molecule has 1 heterocycles. The molecule has 1 saturated carbocycles. The van der Waals surface area contributed by atoms with Crippen LogP contribution in [0.25, 0.3) is 6.08 Å². The van der Waals surface area contributed by atoms with E-state index in [0.29, 0.717) is 22.7 Å². The monoisotopic (exact) mass is 367 g/mol. The van der Waals surface area contributed by atoms with Crippen LogP contribution in [0.1, 0.15) is 57.6 Å². The second-order valence-electron chi connectivity index (χ2n) is 8.21. The minimum absolute atomic E-state index is 0.311. The summed E-state index contributed by atoms with van der Waals surface area (Å²) in [5, 5.41) is 0.544. The fourth-order valence-corrected chi connectivity index (χ4v) is 5.37. The van der Waals surface area contributed by atoms with Crippen LogP contribution in [0.15, 0.2) is 17.8 Å². The van der Waals surface area contributed by atoms with E-state index in [1.54, 1.807) is 20.8 Å². The maximum absolute atomic E-state index is 12.4. The number of halogens is 1. The van der Waals surface area contributed by atoms with Gasteiger partial charge in [-0.2, -0.15) is 0 Å². The van der Waals surface area contributed by atoms with Gasteiger partial charge in [0.1, 0.15) is 5.15 Å². The van der Waals surface area contributed by atoms with E-state index in [4.69, 9.17) is 11.6 Å². The summed E-state index contributed by atoms with van der Waals surface area (Å²) in [5.41, 5.74) is 3.92. The number of rotatable bonds is 3. The third kappa shape index (κ3) is 3.70. The first kappa shape index (κ1) is 17.9. The van der Waals surface area contributed by atoms with E-state index in [-0.39, 0.29) is 0 Å². The molecule has 0 radical (unpaired) electrons. The number of pyridine rings is 1. The molecule has 2 aliphatic rings. The van der Waals surface area contributed by atoms with Gasteiger partial charge in [-0.1, -0.05) is 23.3 Å². The Morgan fingerprint density at radius 3 is 2.50 bits per heavy atom. The zero-order valence-corrected chi connectivity index (χ0v) is 16.3. The molecule has 0 aliphatic heterocycles. The number of sulfone groups is 1. The predicted molar refractivity (Wildman–Crippen MR) is 99.9 cm³/mol. The Balaban J connectivity index is 1.60. The molecule has 0 bridgehead atoms. The Morgan fingerprint density at radius 2 is 1.88 bits per heavy atom. The summed E-state index contributed by atoms with van der Waals surface area (Å²) in [7, 11) is -3.02. The lowest BCUT2D eigenvalue weighted by Gasteiger charge is -2.31. The van der Waals surface area contributed by atoms with Crippen LogP contribution in [0, 0.1) is 11.8 Å². The average Bonchev–Trinajstić information content (AvgIpc) is 2.89. The minimum Gasteiger partial charge on any atom is -0.244 e. The van der Waals surface area contributed by atoms with Gasteiger partial charge in [-0.05, 0) is 81.9 Å². The zero-order valence-electron chi connectivity index (χ0n) is 14.7. The van der Waals surface area contributed by atoms with Crippen molar-refractivity contribution in [3.63, 3.8) is 0 Å². The lowest BCUT2D eigenvalue weighted by Crippen LogP contribution is -2.34. The van der Waals surface area contributed by atoms with E-state index in [0.717, 1.165) is 32.1 Å². The summed E-state index contributed by atoms with van der Waals surface area (Å²) in [6, 6.07) is 1.94. The van der Waals surface area contributed by atoms with Crippen LogP contribution in [-0.4, -0.2) is 23.9 Å². The van der Waals surface area contributed by atoms with Gasteiger partial charge in [-0.15, -0.1) is 0 Å². The Kier molecular flexibility index (Phi) is 4.82. The fourth-order valence-electron chi connectivity index (χ4n) is 3.75. The van der Waals surface area contributed by atoms with Crippen LogP contribution in [0.5, 0.6) is 0 Å². The summed E-state index contributed by atoms with van der Waals surface area (Å²) in [6.07, 6.45) is 9.30. The fraction of sp³-hybridized carbons (Fsp3) is 0.632. The molecule has 0 unspecified atom stereocenters. The predicted octanol–water partition coefficient (Wildman–Crippen LogP) is 4.69. The molecule has 0 N–H and O–H groups in total. The molecule has 5 heteroatoms. The van der Waals surface area contributed by atoms with Gasteiger partial charge in [-0.3, -0.25) is 0 Å².